The molecule has 1 saturated heterocycles. The van der Waals surface area contributed by atoms with Crippen molar-refractivity contribution in [1.82, 2.24) is 0 Å². The number of benzene rings is 2. The Morgan fingerprint density at radius 2 is 1.72 bits per heavy atom. The summed E-state index contributed by atoms with van der Waals surface area (Å²) in [5, 5.41) is 6.61. The molecule has 25 heavy (non-hydrogen) atoms. The molecule has 0 bridgehead atoms. The van der Waals surface area contributed by atoms with Gasteiger partial charge in [0.25, 0.3) is 0 Å². The average Bonchev–Trinajstić information content (AvgIpc) is 3.11. The summed E-state index contributed by atoms with van der Waals surface area (Å²) in [5.41, 5.74) is 2.88. The number of halogens is 2. The largest absolute Gasteiger partial charge is 0.435 e. The van der Waals surface area contributed by atoms with E-state index in [0.717, 1.165) is 5.69 Å². The number of rotatable bonds is 5. The second kappa shape index (κ2) is 8.73. The van der Waals surface area contributed by atoms with Crippen molar-refractivity contribution in [3.05, 3.63) is 54.1 Å². The highest BCUT2D eigenvalue weighted by Gasteiger charge is 2.18. The SMILES string of the molecule is FC(F)Oc1ccc(NC(=S)Nc2cccc(C3SCCS3)c2)cc1. The minimum absolute atomic E-state index is 0.110. The third-order valence-electron chi connectivity index (χ3n) is 3.38. The van der Waals surface area contributed by atoms with Crippen molar-refractivity contribution in [2.75, 3.05) is 22.1 Å². The van der Waals surface area contributed by atoms with Gasteiger partial charge in [0.2, 0.25) is 0 Å². The van der Waals surface area contributed by atoms with Gasteiger partial charge in [-0.05, 0) is 54.2 Å². The molecule has 0 aromatic heterocycles. The van der Waals surface area contributed by atoms with Gasteiger partial charge in [-0.2, -0.15) is 8.78 Å². The number of hydrogen-bond acceptors (Lipinski definition) is 4. The summed E-state index contributed by atoms with van der Waals surface area (Å²) in [4.78, 5) is 0. The van der Waals surface area contributed by atoms with Gasteiger partial charge in [-0.3, -0.25) is 0 Å². The zero-order valence-corrected chi connectivity index (χ0v) is 15.5. The molecule has 1 aliphatic heterocycles. The van der Waals surface area contributed by atoms with E-state index in [0.29, 0.717) is 15.4 Å². The monoisotopic (exact) mass is 398 g/mol. The minimum atomic E-state index is -2.83. The summed E-state index contributed by atoms with van der Waals surface area (Å²) in [7, 11) is 0. The van der Waals surface area contributed by atoms with Gasteiger partial charge in [-0.25, -0.2) is 0 Å². The first kappa shape index (κ1) is 18.3. The van der Waals surface area contributed by atoms with Crippen LogP contribution < -0.4 is 15.4 Å². The molecule has 0 saturated carbocycles. The van der Waals surface area contributed by atoms with E-state index in [-0.39, 0.29) is 5.75 Å². The molecule has 3 nitrogen and oxygen atoms in total. The van der Waals surface area contributed by atoms with E-state index >= 15 is 0 Å². The highest BCUT2D eigenvalue weighted by Crippen LogP contribution is 2.45. The van der Waals surface area contributed by atoms with Crippen LogP contribution in [0.1, 0.15) is 10.1 Å². The van der Waals surface area contributed by atoms with Crippen LogP contribution in [0.5, 0.6) is 5.75 Å². The first-order chi connectivity index (χ1) is 12.1. The van der Waals surface area contributed by atoms with E-state index in [4.69, 9.17) is 12.2 Å². The highest BCUT2D eigenvalue weighted by atomic mass is 32.2. The van der Waals surface area contributed by atoms with Crippen LogP contribution in [-0.2, 0) is 0 Å². The maximum atomic E-state index is 12.1. The van der Waals surface area contributed by atoms with Crippen LogP contribution in [0, 0.1) is 0 Å². The van der Waals surface area contributed by atoms with E-state index in [1.165, 1.54) is 29.2 Å². The number of hydrogen-bond donors (Lipinski definition) is 2. The van der Waals surface area contributed by atoms with Crippen molar-refractivity contribution >= 4 is 52.2 Å². The molecule has 2 aromatic carbocycles. The maximum absolute atomic E-state index is 12.1. The van der Waals surface area contributed by atoms with Gasteiger partial charge in [-0.1, -0.05) is 12.1 Å². The van der Waals surface area contributed by atoms with Gasteiger partial charge in [0.15, 0.2) is 5.11 Å². The van der Waals surface area contributed by atoms with Gasteiger partial charge in [-0.15, -0.1) is 23.5 Å². The Hall–Kier alpha value is -1.51. The predicted molar refractivity (Wildman–Crippen MR) is 107 cm³/mol. The number of thiocarbonyl (C=S) groups is 1. The number of nitrogens with one attached hydrogen (secondary N) is 2. The fourth-order valence-corrected chi connectivity index (χ4v) is 5.40. The Kier molecular flexibility index (Phi) is 6.39. The normalized spacial score (nSPS) is 14.5. The van der Waals surface area contributed by atoms with E-state index < -0.39 is 6.61 Å². The van der Waals surface area contributed by atoms with Gasteiger partial charge in [0, 0.05) is 22.9 Å². The fourth-order valence-electron chi connectivity index (χ4n) is 2.33. The summed E-state index contributed by atoms with van der Waals surface area (Å²) in [6, 6.07) is 14.4. The van der Waals surface area contributed by atoms with E-state index in [1.807, 2.05) is 35.7 Å². The first-order valence-corrected chi connectivity index (χ1v) is 10.1. The van der Waals surface area contributed by atoms with Gasteiger partial charge < -0.3 is 15.4 Å². The second-order valence-electron chi connectivity index (χ2n) is 5.18. The fraction of sp³-hybridized carbons (Fsp3) is 0.235. The van der Waals surface area contributed by atoms with E-state index in [2.05, 4.69) is 27.5 Å². The van der Waals surface area contributed by atoms with Gasteiger partial charge in [0.1, 0.15) is 5.75 Å². The Morgan fingerprint density at radius 3 is 2.40 bits per heavy atom. The van der Waals surface area contributed by atoms with Crippen LogP contribution in [0.2, 0.25) is 0 Å². The minimum Gasteiger partial charge on any atom is -0.435 e. The second-order valence-corrected chi connectivity index (χ2v) is 8.31. The van der Waals surface area contributed by atoms with Crippen molar-refractivity contribution in [3.8, 4) is 5.75 Å². The molecule has 0 radical (unpaired) electrons. The Balaban J connectivity index is 1.58. The lowest BCUT2D eigenvalue weighted by Crippen LogP contribution is -2.19. The Labute approximate surface area is 158 Å². The molecule has 1 aliphatic rings. The molecule has 2 aromatic rings. The molecule has 1 heterocycles. The smallest absolute Gasteiger partial charge is 0.387 e. The molecule has 0 aliphatic carbocycles. The van der Waals surface area contributed by atoms with E-state index in [9.17, 15) is 8.78 Å². The number of anilines is 2. The molecule has 0 spiro atoms. The van der Waals surface area contributed by atoms with Crippen LogP contribution in [-0.4, -0.2) is 23.2 Å². The van der Waals surface area contributed by atoms with Crippen molar-refractivity contribution in [2.45, 2.75) is 11.2 Å². The lowest BCUT2D eigenvalue weighted by atomic mass is 10.2. The third kappa shape index (κ3) is 5.49. The van der Waals surface area contributed by atoms with Crippen LogP contribution in [0.15, 0.2) is 48.5 Å². The Bertz CT molecular complexity index is 722. The van der Waals surface area contributed by atoms with Crippen molar-refractivity contribution in [1.29, 1.82) is 0 Å². The lowest BCUT2D eigenvalue weighted by molar-refractivity contribution is -0.0498. The van der Waals surface area contributed by atoms with Gasteiger partial charge in [0.05, 0.1) is 4.58 Å². The average molecular weight is 399 g/mol. The van der Waals surface area contributed by atoms with Crippen LogP contribution in [0.4, 0.5) is 20.2 Å². The maximum Gasteiger partial charge on any atom is 0.387 e. The van der Waals surface area contributed by atoms with Crippen LogP contribution in [0.3, 0.4) is 0 Å². The zero-order chi connectivity index (χ0) is 17.6. The van der Waals surface area contributed by atoms with Crippen molar-refractivity contribution in [2.24, 2.45) is 0 Å². The molecule has 3 rings (SSSR count). The third-order valence-corrected chi connectivity index (χ3v) is 6.68. The molecule has 8 heteroatoms. The standard InChI is InChI=1S/C17H16F2N2OS3/c18-16(19)22-14-6-4-12(5-7-14)20-17(23)21-13-3-1-2-11(10-13)15-24-8-9-25-15/h1-7,10,15-16H,8-9H2,(H2,20,21,23). The summed E-state index contributed by atoms with van der Waals surface area (Å²) in [6.45, 7) is -2.83. The number of thioether (sulfide) groups is 2. The van der Waals surface area contributed by atoms with Gasteiger partial charge >= 0.3 is 6.61 Å². The number of ether oxygens (including phenoxy) is 1. The first-order valence-electron chi connectivity index (χ1n) is 7.56. The van der Waals surface area contributed by atoms with E-state index in [1.54, 1.807) is 12.1 Å². The molecule has 0 unspecified atom stereocenters. The quantitative estimate of drug-likeness (QED) is 0.640. The van der Waals surface area contributed by atoms with Crippen LogP contribution >= 0.6 is 35.7 Å². The van der Waals surface area contributed by atoms with Crippen LogP contribution in [0.25, 0.3) is 0 Å². The molecule has 2 N–H and O–H groups in total. The number of alkyl halides is 2. The molecule has 1 fully saturated rings. The zero-order valence-electron chi connectivity index (χ0n) is 13.1. The molecule has 132 valence electrons. The van der Waals surface area contributed by atoms with Crippen molar-refractivity contribution in [3.63, 3.8) is 0 Å². The summed E-state index contributed by atoms with van der Waals surface area (Å²) in [6.07, 6.45) is 0. The highest BCUT2D eigenvalue weighted by molar-refractivity contribution is 8.19. The summed E-state index contributed by atoms with van der Waals surface area (Å²) >= 11 is 9.22. The lowest BCUT2D eigenvalue weighted by Gasteiger charge is -2.14. The summed E-state index contributed by atoms with van der Waals surface area (Å²) in [5.74, 6) is 2.47. The van der Waals surface area contributed by atoms with Crippen molar-refractivity contribution < 1.29 is 13.5 Å². The molecular weight excluding hydrogens is 382 g/mol. The molecule has 0 atom stereocenters. The summed E-state index contributed by atoms with van der Waals surface area (Å²) < 4.78 is 29.1. The topological polar surface area (TPSA) is 33.3 Å². The Morgan fingerprint density at radius 1 is 1.04 bits per heavy atom. The molecule has 0 amide bonds. The predicted octanol–water partition coefficient (Wildman–Crippen LogP) is 5.58. The molecular formula is C17H16F2N2OS3.